The predicted octanol–water partition coefficient (Wildman–Crippen LogP) is 3.26. The van der Waals surface area contributed by atoms with Crippen molar-refractivity contribution in [3.8, 4) is 0 Å². The van der Waals surface area contributed by atoms with Gasteiger partial charge in [0.15, 0.2) is 0 Å². The summed E-state index contributed by atoms with van der Waals surface area (Å²) in [4.78, 5) is 11.9. The Morgan fingerprint density at radius 3 is 2.78 bits per heavy atom. The lowest BCUT2D eigenvalue weighted by Gasteiger charge is -2.06. The number of unbranched alkanes of at least 4 members (excludes halogenated alkanes) is 1. The smallest absolute Gasteiger partial charge is 0.336 e. The van der Waals surface area contributed by atoms with Crippen LogP contribution in [0.15, 0.2) is 29.2 Å². The van der Waals surface area contributed by atoms with Gasteiger partial charge in [-0.3, -0.25) is 0 Å². The summed E-state index contributed by atoms with van der Waals surface area (Å²) in [6.07, 6.45) is 3.41. The van der Waals surface area contributed by atoms with Gasteiger partial charge in [-0.1, -0.05) is 19.1 Å². The molecule has 18 heavy (non-hydrogen) atoms. The minimum Gasteiger partial charge on any atom is -0.478 e. The largest absolute Gasteiger partial charge is 0.478 e. The van der Waals surface area contributed by atoms with E-state index in [9.17, 15) is 4.79 Å². The second-order valence-corrected chi connectivity index (χ2v) is 5.24. The summed E-state index contributed by atoms with van der Waals surface area (Å²) in [6, 6.07) is 7.19. The van der Waals surface area contributed by atoms with Crippen LogP contribution in [0, 0.1) is 0 Å². The number of nitrogens with one attached hydrogen (secondary N) is 1. The predicted molar refractivity (Wildman–Crippen MR) is 76.5 cm³/mol. The van der Waals surface area contributed by atoms with Crippen molar-refractivity contribution in [2.24, 2.45) is 0 Å². The van der Waals surface area contributed by atoms with Gasteiger partial charge < -0.3 is 10.4 Å². The molecule has 0 aliphatic heterocycles. The van der Waals surface area contributed by atoms with Crippen molar-refractivity contribution in [2.45, 2.75) is 31.1 Å². The molecule has 0 saturated heterocycles. The van der Waals surface area contributed by atoms with Crippen LogP contribution in [-0.4, -0.2) is 29.9 Å². The third-order valence-electron chi connectivity index (χ3n) is 2.55. The first-order valence-corrected chi connectivity index (χ1v) is 7.40. The summed E-state index contributed by atoms with van der Waals surface area (Å²) in [7, 11) is 0. The number of carboxylic acids is 1. The first kappa shape index (κ1) is 15.1. The van der Waals surface area contributed by atoms with Gasteiger partial charge in [-0.25, -0.2) is 4.79 Å². The first-order valence-electron chi connectivity index (χ1n) is 6.41. The van der Waals surface area contributed by atoms with Gasteiger partial charge in [-0.05, 0) is 50.2 Å². The van der Waals surface area contributed by atoms with E-state index in [1.54, 1.807) is 23.9 Å². The minimum atomic E-state index is -0.845. The Morgan fingerprint density at radius 1 is 1.28 bits per heavy atom. The zero-order valence-electron chi connectivity index (χ0n) is 10.8. The molecule has 1 rings (SSSR count). The van der Waals surface area contributed by atoms with Crippen LogP contribution in [0.1, 0.15) is 36.5 Å². The molecule has 1 aromatic carbocycles. The summed E-state index contributed by atoms with van der Waals surface area (Å²) in [5.74, 6) is 0.126. The molecule has 2 N–H and O–H groups in total. The Bertz CT molecular complexity index is 369. The molecule has 0 unspecified atom stereocenters. The fourth-order valence-corrected chi connectivity index (χ4v) is 2.66. The number of aromatic carboxylic acids is 1. The summed E-state index contributed by atoms with van der Waals surface area (Å²) in [6.45, 7) is 4.29. The number of rotatable bonds is 9. The fourth-order valence-electron chi connectivity index (χ4n) is 1.61. The van der Waals surface area contributed by atoms with Crippen molar-refractivity contribution in [1.29, 1.82) is 0 Å². The van der Waals surface area contributed by atoms with Gasteiger partial charge in [0.2, 0.25) is 0 Å². The third kappa shape index (κ3) is 5.56. The van der Waals surface area contributed by atoms with Gasteiger partial charge in [0.05, 0.1) is 5.56 Å². The second kappa shape index (κ2) is 9.00. The van der Waals surface area contributed by atoms with Crippen molar-refractivity contribution in [1.82, 2.24) is 5.32 Å². The lowest BCUT2D eigenvalue weighted by molar-refractivity contribution is 0.0693. The van der Waals surface area contributed by atoms with Gasteiger partial charge in [-0.15, -0.1) is 11.8 Å². The maximum absolute atomic E-state index is 11.0. The molecule has 0 heterocycles. The van der Waals surface area contributed by atoms with E-state index in [0.29, 0.717) is 5.56 Å². The van der Waals surface area contributed by atoms with E-state index in [1.807, 2.05) is 12.1 Å². The molecule has 0 aromatic heterocycles. The van der Waals surface area contributed by atoms with Crippen molar-refractivity contribution in [3.05, 3.63) is 29.8 Å². The number of benzene rings is 1. The number of hydrogen-bond acceptors (Lipinski definition) is 3. The van der Waals surface area contributed by atoms with Crippen LogP contribution in [0.3, 0.4) is 0 Å². The molecule has 0 aliphatic rings. The van der Waals surface area contributed by atoms with Crippen LogP contribution < -0.4 is 5.32 Å². The van der Waals surface area contributed by atoms with E-state index in [2.05, 4.69) is 12.2 Å². The Hall–Kier alpha value is -1.00. The average Bonchev–Trinajstić information content (AvgIpc) is 2.38. The van der Waals surface area contributed by atoms with Crippen LogP contribution in [0.25, 0.3) is 0 Å². The second-order valence-electron chi connectivity index (χ2n) is 4.11. The summed E-state index contributed by atoms with van der Waals surface area (Å²) < 4.78 is 0. The lowest BCUT2D eigenvalue weighted by Crippen LogP contribution is -2.15. The van der Waals surface area contributed by atoms with Crippen molar-refractivity contribution in [2.75, 3.05) is 18.8 Å². The molecule has 0 radical (unpaired) electrons. The van der Waals surface area contributed by atoms with Gasteiger partial charge in [-0.2, -0.15) is 0 Å². The van der Waals surface area contributed by atoms with E-state index in [0.717, 1.165) is 36.6 Å². The quantitative estimate of drug-likeness (QED) is 0.532. The molecule has 1 aromatic rings. The Kier molecular flexibility index (Phi) is 7.53. The highest BCUT2D eigenvalue weighted by Crippen LogP contribution is 2.23. The molecule has 0 amide bonds. The number of hydrogen-bond donors (Lipinski definition) is 2. The topological polar surface area (TPSA) is 49.3 Å². The zero-order chi connectivity index (χ0) is 13.2. The van der Waals surface area contributed by atoms with Crippen LogP contribution in [0.4, 0.5) is 0 Å². The maximum Gasteiger partial charge on any atom is 0.336 e. The van der Waals surface area contributed by atoms with E-state index >= 15 is 0 Å². The van der Waals surface area contributed by atoms with E-state index in [1.165, 1.54) is 6.42 Å². The Labute approximate surface area is 113 Å². The maximum atomic E-state index is 11.0. The van der Waals surface area contributed by atoms with Gasteiger partial charge in [0.1, 0.15) is 0 Å². The highest BCUT2D eigenvalue weighted by Gasteiger charge is 2.08. The zero-order valence-corrected chi connectivity index (χ0v) is 11.6. The standard InChI is InChI=1S/C14H21NO2S/c1-2-9-15-10-5-6-11-18-13-8-4-3-7-12(13)14(16)17/h3-4,7-8,15H,2,5-6,9-11H2,1H3,(H,16,17). The highest BCUT2D eigenvalue weighted by molar-refractivity contribution is 7.99. The molecule has 100 valence electrons. The molecular weight excluding hydrogens is 246 g/mol. The Morgan fingerprint density at radius 2 is 2.06 bits per heavy atom. The lowest BCUT2D eigenvalue weighted by atomic mass is 10.2. The fraction of sp³-hybridized carbons (Fsp3) is 0.500. The van der Waals surface area contributed by atoms with Crippen molar-refractivity contribution in [3.63, 3.8) is 0 Å². The normalized spacial score (nSPS) is 10.5. The van der Waals surface area contributed by atoms with Crippen LogP contribution in [0.2, 0.25) is 0 Å². The molecule has 0 atom stereocenters. The van der Waals surface area contributed by atoms with E-state index in [4.69, 9.17) is 5.11 Å². The van der Waals surface area contributed by atoms with Gasteiger partial charge in [0.25, 0.3) is 0 Å². The summed E-state index contributed by atoms with van der Waals surface area (Å²) in [5.41, 5.74) is 0.409. The van der Waals surface area contributed by atoms with Gasteiger partial charge >= 0.3 is 5.97 Å². The van der Waals surface area contributed by atoms with E-state index < -0.39 is 5.97 Å². The molecule has 3 nitrogen and oxygen atoms in total. The SMILES string of the molecule is CCCNCCCCSc1ccccc1C(=O)O. The number of carbonyl (C=O) groups is 1. The Balaban J connectivity index is 2.25. The van der Waals surface area contributed by atoms with Crippen LogP contribution >= 0.6 is 11.8 Å². The van der Waals surface area contributed by atoms with Crippen molar-refractivity contribution >= 4 is 17.7 Å². The minimum absolute atomic E-state index is 0.409. The molecule has 0 fully saturated rings. The van der Waals surface area contributed by atoms with Crippen LogP contribution in [0.5, 0.6) is 0 Å². The first-order chi connectivity index (χ1) is 8.75. The summed E-state index contributed by atoms with van der Waals surface area (Å²) >= 11 is 1.63. The van der Waals surface area contributed by atoms with Crippen LogP contribution in [-0.2, 0) is 0 Å². The molecule has 0 aliphatic carbocycles. The molecule has 4 heteroatoms. The van der Waals surface area contributed by atoms with Crippen molar-refractivity contribution < 1.29 is 9.90 Å². The summed E-state index contributed by atoms with van der Waals surface area (Å²) in [5, 5.41) is 12.4. The van der Waals surface area contributed by atoms with E-state index in [-0.39, 0.29) is 0 Å². The molecule has 0 bridgehead atoms. The highest BCUT2D eigenvalue weighted by atomic mass is 32.2. The number of thioether (sulfide) groups is 1. The molecule has 0 saturated carbocycles. The average molecular weight is 267 g/mol. The third-order valence-corrected chi connectivity index (χ3v) is 3.71. The number of carboxylic acid groups (broad SMARTS) is 1. The van der Waals surface area contributed by atoms with Gasteiger partial charge in [0, 0.05) is 4.90 Å². The molecule has 0 spiro atoms. The molecular formula is C14H21NO2S. The monoisotopic (exact) mass is 267 g/mol.